The van der Waals surface area contributed by atoms with E-state index in [1.54, 1.807) is 0 Å². The summed E-state index contributed by atoms with van der Waals surface area (Å²) in [6.07, 6.45) is -2.09. The maximum Gasteiger partial charge on any atom is 0.416 e. The first-order valence-electron chi connectivity index (χ1n) is 6.95. The molecule has 122 valence electrons. The minimum absolute atomic E-state index is 0.134. The molecule has 3 rings (SSSR count). The molecule has 1 aromatic rings. The molecule has 0 aromatic carbocycles. The highest BCUT2D eigenvalue weighted by Crippen LogP contribution is 2.34. The van der Waals surface area contributed by atoms with Crippen LogP contribution in [0.25, 0.3) is 0 Å². The van der Waals surface area contributed by atoms with E-state index in [-0.39, 0.29) is 17.7 Å². The van der Waals surface area contributed by atoms with Crippen molar-refractivity contribution in [1.29, 1.82) is 0 Å². The molecule has 2 heterocycles. The highest BCUT2D eigenvalue weighted by molar-refractivity contribution is 7.90. The number of hydrogen-bond acceptors (Lipinski definition) is 4. The number of halogens is 3. The fourth-order valence-corrected chi connectivity index (χ4v) is 4.31. The van der Waals surface area contributed by atoms with Gasteiger partial charge < -0.3 is 4.74 Å². The number of nitrogens with zero attached hydrogens (tertiary/aromatic N) is 2. The van der Waals surface area contributed by atoms with Gasteiger partial charge in [0.05, 0.1) is 17.4 Å². The first-order chi connectivity index (χ1) is 10.3. The Kier molecular flexibility index (Phi) is 3.80. The lowest BCUT2D eigenvalue weighted by molar-refractivity contribution is -0.137. The number of rotatable bonds is 4. The summed E-state index contributed by atoms with van der Waals surface area (Å²) >= 11 is 0. The van der Waals surface area contributed by atoms with Crippen molar-refractivity contribution in [2.75, 3.05) is 13.1 Å². The Labute approximate surface area is 126 Å². The summed E-state index contributed by atoms with van der Waals surface area (Å²) in [4.78, 5) is 3.76. The normalized spacial score (nSPS) is 23.7. The molecule has 1 aliphatic carbocycles. The second-order valence-corrected chi connectivity index (χ2v) is 7.72. The average Bonchev–Trinajstić information content (AvgIpc) is 3.20. The van der Waals surface area contributed by atoms with Gasteiger partial charge in [-0.15, -0.1) is 0 Å². The monoisotopic (exact) mass is 336 g/mol. The SMILES string of the molecule is O=S(=O)(C1CC1)N1CC[C@H](Oc2cc(C(F)(F)F)ccn2)C1. The van der Waals surface area contributed by atoms with Crippen LogP contribution < -0.4 is 4.74 Å². The third-order valence-electron chi connectivity index (χ3n) is 3.76. The van der Waals surface area contributed by atoms with Crippen LogP contribution in [0.3, 0.4) is 0 Å². The number of hydrogen-bond donors (Lipinski definition) is 0. The minimum Gasteiger partial charge on any atom is -0.473 e. The fraction of sp³-hybridized carbons (Fsp3) is 0.615. The summed E-state index contributed by atoms with van der Waals surface area (Å²) in [7, 11) is -3.27. The van der Waals surface area contributed by atoms with Crippen LogP contribution in [0.5, 0.6) is 5.88 Å². The van der Waals surface area contributed by atoms with E-state index >= 15 is 0 Å². The van der Waals surface area contributed by atoms with E-state index in [4.69, 9.17) is 4.74 Å². The summed E-state index contributed by atoms with van der Waals surface area (Å²) in [6, 6.07) is 1.70. The van der Waals surface area contributed by atoms with Gasteiger partial charge in [-0.25, -0.2) is 13.4 Å². The van der Waals surface area contributed by atoms with Crippen LogP contribution in [-0.4, -0.2) is 42.2 Å². The van der Waals surface area contributed by atoms with E-state index in [2.05, 4.69) is 4.98 Å². The number of aromatic nitrogens is 1. The first kappa shape index (κ1) is 15.5. The van der Waals surface area contributed by atoms with E-state index in [0.717, 1.165) is 18.3 Å². The average molecular weight is 336 g/mol. The van der Waals surface area contributed by atoms with Gasteiger partial charge in [0, 0.05) is 18.8 Å². The molecule has 0 radical (unpaired) electrons. The standard InChI is InChI=1S/C13H15F3N2O3S/c14-13(15,16)9-3-5-17-12(7-9)21-10-4-6-18(8-10)22(19,20)11-1-2-11/h3,5,7,10-11H,1-2,4,6,8H2/t10-/m0/s1. The van der Waals surface area contributed by atoms with Gasteiger partial charge in [-0.3, -0.25) is 0 Å². The Balaban J connectivity index is 1.65. The number of pyridine rings is 1. The van der Waals surface area contributed by atoms with Gasteiger partial charge in [0.15, 0.2) is 0 Å². The van der Waals surface area contributed by atoms with Crippen molar-refractivity contribution in [3.05, 3.63) is 23.9 Å². The molecular formula is C13H15F3N2O3S. The van der Waals surface area contributed by atoms with Crippen molar-refractivity contribution in [3.8, 4) is 5.88 Å². The third-order valence-corrected chi connectivity index (χ3v) is 6.13. The Bertz CT molecular complexity index is 659. The van der Waals surface area contributed by atoms with Crippen molar-refractivity contribution in [2.24, 2.45) is 0 Å². The quantitative estimate of drug-likeness (QED) is 0.844. The zero-order valence-electron chi connectivity index (χ0n) is 11.6. The lowest BCUT2D eigenvalue weighted by Gasteiger charge is -2.17. The van der Waals surface area contributed by atoms with Crippen LogP contribution in [0.15, 0.2) is 18.3 Å². The molecule has 0 unspecified atom stereocenters. The molecule has 0 N–H and O–H groups in total. The van der Waals surface area contributed by atoms with Gasteiger partial charge >= 0.3 is 6.18 Å². The Morgan fingerprint density at radius 1 is 1.27 bits per heavy atom. The van der Waals surface area contributed by atoms with E-state index < -0.39 is 27.9 Å². The molecule has 2 aliphatic rings. The fourth-order valence-electron chi connectivity index (χ4n) is 2.42. The van der Waals surface area contributed by atoms with E-state index in [1.807, 2.05) is 0 Å². The van der Waals surface area contributed by atoms with Gasteiger partial charge in [-0.05, 0) is 25.3 Å². The zero-order valence-corrected chi connectivity index (χ0v) is 12.4. The maximum atomic E-state index is 12.6. The van der Waals surface area contributed by atoms with Gasteiger partial charge in [0.2, 0.25) is 15.9 Å². The lowest BCUT2D eigenvalue weighted by Crippen LogP contribution is -2.33. The number of alkyl halides is 3. The number of ether oxygens (including phenoxy) is 1. The second kappa shape index (κ2) is 5.38. The predicted octanol–water partition coefficient (Wildman–Crippen LogP) is 2.05. The maximum absolute atomic E-state index is 12.6. The molecular weight excluding hydrogens is 321 g/mol. The highest BCUT2D eigenvalue weighted by atomic mass is 32.2. The van der Waals surface area contributed by atoms with Gasteiger partial charge in [0.25, 0.3) is 0 Å². The largest absolute Gasteiger partial charge is 0.473 e. The van der Waals surface area contributed by atoms with Crippen LogP contribution in [0, 0.1) is 0 Å². The Hall–Kier alpha value is -1.35. The predicted molar refractivity (Wildman–Crippen MR) is 71.8 cm³/mol. The van der Waals surface area contributed by atoms with E-state index in [9.17, 15) is 21.6 Å². The van der Waals surface area contributed by atoms with Crippen LogP contribution in [0.1, 0.15) is 24.8 Å². The molecule has 22 heavy (non-hydrogen) atoms. The van der Waals surface area contributed by atoms with Crippen molar-refractivity contribution in [1.82, 2.24) is 9.29 Å². The van der Waals surface area contributed by atoms with Crippen molar-refractivity contribution in [3.63, 3.8) is 0 Å². The molecule has 0 spiro atoms. The van der Waals surface area contributed by atoms with Gasteiger partial charge in [0.1, 0.15) is 6.10 Å². The van der Waals surface area contributed by atoms with Crippen molar-refractivity contribution in [2.45, 2.75) is 36.8 Å². The summed E-state index contributed by atoms with van der Waals surface area (Å²) in [5.74, 6) is -0.134. The van der Waals surface area contributed by atoms with E-state index in [0.29, 0.717) is 25.8 Å². The van der Waals surface area contributed by atoms with Crippen LogP contribution in [0.4, 0.5) is 13.2 Å². The van der Waals surface area contributed by atoms with Crippen molar-refractivity contribution >= 4 is 10.0 Å². The Morgan fingerprint density at radius 2 is 2.00 bits per heavy atom. The summed E-state index contributed by atoms with van der Waals surface area (Å²) < 4.78 is 68.8. The van der Waals surface area contributed by atoms with E-state index in [1.165, 1.54) is 4.31 Å². The summed E-state index contributed by atoms with van der Waals surface area (Å²) in [6.45, 7) is 0.499. The molecule has 1 atom stereocenters. The van der Waals surface area contributed by atoms with Gasteiger partial charge in [-0.1, -0.05) is 0 Å². The minimum atomic E-state index is -4.46. The molecule has 5 nitrogen and oxygen atoms in total. The summed E-state index contributed by atoms with van der Waals surface area (Å²) in [5.41, 5.74) is -0.835. The smallest absolute Gasteiger partial charge is 0.416 e. The van der Waals surface area contributed by atoms with Crippen LogP contribution in [-0.2, 0) is 16.2 Å². The van der Waals surface area contributed by atoms with Crippen LogP contribution >= 0.6 is 0 Å². The Morgan fingerprint density at radius 3 is 2.64 bits per heavy atom. The summed E-state index contributed by atoms with van der Waals surface area (Å²) in [5, 5.41) is -0.294. The topological polar surface area (TPSA) is 59.5 Å². The third kappa shape index (κ3) is 3.19. The highest BCUT2D eigenvalue weighted by Gasteiger charge is 2.43. The molecule has 0 bridgehead atoms. The second-order valence-electron chi connectivity index (χ2n) is 5.51. The molecule has 2 fully saturated rings. The molecule has 1 aromatic heterocycles. The zero-order chi connectivity index (χ0) is 16.0. The van der Waals surface area contributed by atoms with Crippen molar-refractivity contribution < 1.29 is 26.3 Å². The molecule has 9 heteroatoms. The molecule has 1 saturated heterocycles. The molecule has 1 aliphatic heterocycles. The number of sulfonamides is 1. The molecule has 1 saturated carbocycles. The molecule has 0 amide bonds. The van der Waals surface area contributed by atoms with Crippen LogP contribution in [0.2, 0.25) is 0 Å². The van der Waals surface area contributed by atoms with Gasteiger partial charge in [-0.2, -0.15) is 17.5 Å². The lowest BCUT2D eigenvalue weighted by atomic mass is 10.2. The first-order valence-corrected chi connectivity index (χ1v) is 8.46.